The van der Waals surface area contributed by atoms with E-state index in [0.717, 1.165) is 17.1 Å². The van der Waals surface area contributed by atoms with E-state index in [9.17, 15) is 9.59 Å². The summed E-state index contributed by atoms with van der Waals surface area (Å²) < 4.78 is 5.63. The molecule has 6 heteroatoms. The van der Waals surface area contributed by atoms with Crippen LogP contribution in [-0.4, -0.2) is 41.9 Å². The van der Waals surface area contributed by atoms with Gasteiger partial charge in [0.1, 0.15) is 0 Å². The van der Waals surface area contributed by atoms with Crippen LogP contribution in [0.3, 0.4) is 0 Å². The maximum atomic E-state index is 12.2. The molecular formula is C20H21NO3S2. The van der Waals surface area contributed by atoms with Crippen LogP contribution in [0, 0.1) is 0 Å². The summed E-state index contributed by atoms with van der Waals surface area (Å²) in [4.78, 5) is 25.9. The minimum absolute atomic E-state index is 0.224. The molecule has 136 valence electrons. The Bertz CT molecular complexity index is 743. The molecule has 0 spiro atoms. The normalized spacial score (nSPS) is 14.2. The Hall–Kier alpha value is -1.92. The molecule has 1 aliphatic heterocycles. The number of amides is 1. The fraction of sp³-hybridized carbons (Fsp3) is 0.300. The van der Waals surface area contributed by atoms with Gasteiger partial charge in [-0.15, -0.1) is 23.5 Å². The van der Waals surface area contributed by atoms with E-state index >= 15 is 0 Å². The van der Waals surface area contributed by atoms with E-state index < -0.39 is 5.97 Å². The molecule has 3 rings (SSSR count). The predicted octanol–water partition coefficient (Wildman–Crippen LogP) is 3.98. The highest BCUT2D eigenvalue weighted by Gasteiger charge is 2.19. The number of likely N-dealkylation sites (N-methyl/N-ethyl adjacent to an activating group) is 1. The van der Waals surface area contributed by atoms with Crippen molar-refractivity contribution < 1.29 is 14.3 Å². The van der Waals surface area contributed by atoms with E-state index in [1.54, 1.807) is 24.1 Å². The Morgan fingerprint density at radius 2 is 1.69 bits per heavy atom. The molecule has 2 aromatic rings. The number of rotatable bonds is 6. The van der Waals surface area contributed by atoms with Gasteiger partial charge in [0.05, 0.1) is 10.1 Å². The summed E-state index contributed by atoms with van der Waals surface area (Å²) in [6.07, 6.45) is 0. The smallest absolute Gasteiger partial charge is 0.338 e. The number of carbonyl (C=O) groups excluding carboxylic acids is 2. The Balaban J connectivity index is 1.49. The summed E-state index contributed by atoms with van der Waals surface area (Å²) in [5.41, 5.74) is 2.72. The monoisotopic (exact) mass is 387 g/mol. The standard InChI is InChI=1S/C20H21NO3S2/c1-21(13-15-5-3-2-4-6-15)18(22)14-24-19(23)16-7-9-17(10-8-16)20-25-11-12-26-20/h2-10,20H,11-14H2,1H3. The number of ether oxygens (including phenoxy) is 1. The van der Waals surface area contributed by atoms with E-state index in [2.05, 4.69) is 0 Å². The second kappa shape index (κ2) is 9.14. The average Bonchev–Trinajstić information content (AvgIpc) is 3.21. The quantitative estimate of drug-likeness (QED) is 0.702. The summed E-state index contributed by atoms with van der Waals surface area (Å²) in [5.74, 6) is 1.64. The van der Waals surface area contributed by atoms with E-state index in [1.165, 1.54) is 5.56 Å². The minimum Gasteiger partial charge on any atom is -0.452 e. The first kappa shape index (κ1) is 18.9. The van der Waals surface area contributed by atoms with Crippen LogP contribution in [0.15, 0.2) is 54.6 Å². The van der Waals surface area contributed by atoms with Crippen LogP contribution >= 0.6 is 23.5 Å². The number of benzene rings is 2. The molecule has 0 aromatic heterocycles. The molecule has 1 aliphatic rings. The van der Waals surface area contributed by atoms with Crippen LogP contribution < -0.4 is 0 Å². The van der Waals surface area contributed by atoms with Crippen molar-refractivity contribution in [1.29, 1.82) is 0 Å². The Labute approximate surface area is 162 Å². The molecule has 2 aromatic carbocycles. The maximum absolute atomic E-state index is 12.2. The summed E-state index contributed by atoms with van der Waals surface area (Å²) in [5, 5.41) is 0. The molecule has 0 unspecified atom stereocenters. The molecule has 1 heterocycles. The van der Waals surface area contributed by atoms with Crippen LogP contribution in [0.2, 0.25) is 0 Å². The summed E-state index contributed by atoms with van der Waals surface area (Å²) in [6.45, 7) is 0.237. The SMILES string of the molecule is CN(Cc1ccccc1)C(=O)COC(=O)c1ccc(C2SCCS2)cc1. The molecule has 26 heavy (non-hydrogen) atoms. The predicted molar refractivity (Wildman–Crippen MR) is 107 cm³/mol. The van der Waals surface area contributed by atoms with Gasteiger partial charge in [-0.3, -0.25) is 4.79 Å². The lowest BCUT2D eigenvalue weighted by Gasteiger charge is -2.17. The highest BCUT2D eigenvalue weighted by atomic mass is 32.2. The van der Waals surface area contributed by atoms with Crippen molar-refractivity contribution in [3.8, 4) is 0 Å². The Morgan fingerprint density at radius 3 is 2.35 bits per heavy atom. The lowest BCUT2D eigenvalue weighted by Crippen LogP contribution is -2.30. The highest BCUT2D eigenvalue weighted by Crippen LogP contribution is 2.45. The van der Waals surface area contributed by atoms with Gasteiger partial charge in [-0.2, -0.15) is 0 Å². The van der Waals surface area contributed by atoms with Crippen LogP contribution in [0.5, 0.6) is 0 Å². The lowest BCUT2D eigenvalue weighted by molar-refractivity contribution is -0.133. The van der Waals surface area contributed by atoms with Crippen molar-refractivity contribution in [2.45, 2.75) is 11.1 Å². The summed E-state index contributed by atoms with van der Waals surface area (Å²) >= 11 is 3.85. The molecule has 0 aliphatic carbocycles. The molecular weight excluding hydrogens is 366 g/mol. The number of esters is 1. The largest absolute Gasteiger partial charge is 0.452 e. The van der Waals surface area contributed by atoms with Crippen molar-refractivity contribution in [2.75, 3.05) is 25.2 Å². The first-order chi connectivity index (χ1) is 12.6. The van der Waals surface area contributed by atoms with Crippen LogP contribution in [0.1, 0.15) is 26.1 Å². The molecule has 4 nitrogen and oxygen atoms in total. The molecule has 0 radical (unpaired) electrons. The molecule has 1 fully saturated rings. The van der Waals surface area contributed by atoms with E-state index in [0.29, 0.717) is 16.7 Å². The molecule has 1 amide bonds. The van der Waals surface area contributed by atoms with Gasteiger partial charge in [0, 0.05) is 25.1 Å². The number of hydrogen-bond acceptors (Lipinski definition) is 5. The Kier molecular flexibility index (Phi) is 6.63. The zero-order valence-corrected chi connectivity index (χ0v) is 16.2. The van der Waals surface area contributed by atoms with Crippen molar-refractivity contribution in [3.05, 3.63) is 71.3 Å². The molecule has 0 saturated carbocycles. The molecule has 0 N–H and O–H groups in total. The zero-order chi connectivity index (χ0) is 18.4. The number of thioether (sulfide) groups is 2. The maximum Gasteiger partial charge on any atom is 0.338 e. The number of carbonyl (C=O) groups is 2. The first-order valence-electron chi connectivity index (χ1n) is 8.41. The van der Waals surface area contributed by atoms with Gasteiger partial charge in [0.25, 0.3) is 5.91 Å². The van der Waals surface area contributed by atoms with Gasteiger partial charge < -0.3 is 9.64 Å². The third-order valence-corrected chi connectivity index (χ3v) is 7.16. The van der Waals surface area contributed by atoms with E-state index in [4.69, 9.17) is 4.74 Å². The van der Waals surface area contributed by atoms with Crippen molar-refractivity contribution in [3.63, 3.8) is 0 Å². The van der Waals surface area contributed by atoms with Gasteiger partial charge in [0.15, 0.2) is 6.61 Å². The van der Waals surface area contributed by atoms with Gasteiger partial charge in [-0.1, -0.05) is 42.5 Å². The van der Waals surface area contributed by atoms with Gasteiger partial charge in [-0.25, -0.2) is 4.79 Å². The highest BCUT2D eigenvalue weighted by molar-refractivity contribution is 8.19. The van der Waals surface area contributed by atoms with Gasteiger partial charge in [-0.05, 0) is 23.3 Å². The van der Waals surface area contributed by atoms with E-state index in [-0.39, 0.29) is 12.5 Å². The van der Waals surface area contributed by atoms with Gasteiger partial charge >= 0.3 is 5.97 Å². The fourth-order valence-corrected chi connectivity index (χ4v) is 5.45. The fourth-order valence-electron chi connectivity index (χ4n) is 2.59. The average molecular weight is 388 g/mol. The third kappa shape index (κ3) is 5.05. The topological polar surface area (TPSA) is 46.6 Å². The van der Waals surface area contributed by atoms with Crippen molar-refractivity contribution >= 4 is 35.4 Å². The Morgan fingerprint density at radius 1 is 1.04 bits per heavy atom. The summed E-state index contributed by atoms with van der Waals surface area (Å²) in [6, 6.07) is 17.2. The molecule has 1 saturated heterocycles. The number of nitrogens with zero attached hydrogens (tertiary/aromatic N) is 1. The minimum atomic E-state index is -0.468. The summed E-state index contributed by atoms with van der Waals surface area (Å²) in [7, 11) is 1.70. The van der Waals surface area contributed by atoms with Crippen LogP contribution in [0.25, 0.3) is 0 Å². The van der Waals surface area contributed by atoms with Crippen molar-refractivity contribution in [1.82, 2.24) is 4.90 Å². The van der Waals surface area contributed by atoms with Crippen molar-refractivity contribution in [2.24, 2.45) is 0 Å². The van der Waals surface area contributed by atoms with Crippen LogP contribution in [0.4, 0.5) is 0 Å². The molecule has 0 atom stereocenters. The van der Waals surface area contributed by atoms with Gasteiger partial charge in [0.2, 0.25) is 0 Å². The lowest BCUT2D eigenvalue weighted by atomic mass is 10.1. The second-order valence-corrected chi connectivity index (χ2v) is 8.73. The zero-order valence-electron chi connectivity index (χ0n) is 14.6. The van der Waals surface area contributed by atoms with E-state index in [1.807, 2.05) is 66.0 Å². The van der Waals surface area contributed by atoms with Crippen LogP contribution in [-0.2, 0) is 16.1 Å². The first-order valence-corrected chi connectivity index (χ1v) is 10.5. The second-order valence-electron chi connectivity index (χ2n) is 6.01. The molecule has 0 bridgehead atoms. The third-order valence-electron chi connectivity index (χ3n) is 4.06. The number of hydrogen-bond donors (Lipinski definition) is 0.